The van der Waals surface area contributed by atoms with Crippen LogP contribution in [-0.2, 0) is 9.47 Å². The van der Waals surface area contributed by atoms with Crippen molar-refractivity contribution in [2.24, 2.45) is 0 Å². The maximum atomic E-state index is 12.0. The Morgan fingerprint density at radius 2 is 0.900 bits per heavy atom. The van der Waals surface area contributed by atoms with Crippen LogP contribution >= 0.6 is 0 Å². The summed E-state index contributed by atoms with van der Waals surface area (Å²) in [6, 6.07) is 21.9. The van der Waals surface area contributed by atoms with Crippen LogP contribution in [0.1, 0.15) is 41.4 Å². The second kappa shape index (κ2) is 11.8. The zero-order valence-electron chi connectivity index (χ0n) is 21.2. The molecule has 0 aliphatic heterocycles. The Morgan fingerprint density at radius 1 is 0.525 bits per heavy atom. The molecule has 0 spiro atoms. The monoisotopic (exact) mass is 542 g/mol. The molecule has 0 unspecified atom stereocenters. The number of carbonyl (C=O) groups excluding carboxylic acids is 2. The third kappa shape index (κ3) is 5.76. The molecule has 0 aromatic heterocycles. The van der Waals surface area contributed by atoms with Gasteiger partial charge < -0.3 is 29.2 Å². The number of rotatable bonds is 9. The number of aromatic carboxylic acids is 2. The molecule has 0 heterocycles. The van der Waals surface area contributed by atoms with Crippen molar-refractivity contribution in [3.8, 4) is 34.1 Å². The van der Waals surface area contributed by atoms with Crippen molar-refractivity contribution in [2.45, 2.75) is 0 Å². The smallest absolute Gasteiger partial charge is 0.338 e. The summed E-state index contributed by atoms with van der Waals surface area (Å²) in [7, 11) is 2.31. The van der Waals surface area contributed by atoms with Gasteiger partial charge >= 0.3 is 23.9 Å². The van der Waals surface area contributed by atoms with Crippen molar-refractivity contribution in [1.29, 1.82) is 0 Å². The highest BCUT2D eigenvalue weighted by Crippen LogP contribution is 2.40. The summed E-state index contributed by atoms with van der Waals surface area (Å²) in [5.74, 6) is -3.18. The Morgan fingerprint density at radius 3 is 1.25 bits per heavy atom. The second-order valence-corrected chi connectivity index (χ2v) is 8.20. The number of para-hydroxylation sites is 2. The van der Waals surface area contributed by atoms with E-state index in [0.717, 1.165) is 14.2 Å². The van der Waals surface area contributed by atoms with Crippen LogP contribution < -0.4 is 9.47 Å². The van der Waals surface area contributed by atoms with E-state index in [2.05, 4.69) is 9.47 Å². The molecule has 40 heavy (non-hydrogen) atoms. The van der Waals surface area contributed by atoms with Gasteiger partial charge in [-0.15, -0.1) is 0 Å². The van der Waals surface area contributed by atoms with Gasteiger partial charge in [0.15, 0.2) is 0 Å². The predicted molar refractivity (Wildman–Crippen MR) is 142 cm³/mol. The van der Waals surface area contributed by atoms with E-state index >= 15 is 0 Å². The number of ether oxygens (including phenoxy) is 4. The van der Waals surface area contributed by atoms with Gasteiger partial charge in [0, 0.05) is 11.1 Å². The largest absolute Gasteiger partial charge is 0.478 e. The zero-order chi connectivity index (χ0) is 28.8. The van der Waals surface area contributed by atoms with Crippen LogP contribution in [0.4, 0.5) is 0 Å². The molecule has 2 N–H and O–H groups in total. The third-order valence-electron chi connectivity index (χ3n) is 5.77. The molecule has 4 aromatic rings. The first-order valence-corrected chi connectivity index (χ1v) is 11.7. The fourth-order valence-corrected chi connectivity index (χ4v) is 3.91. The van der Waals surface area contributed by atoms with Crippen molar-refractivity contribution < 1.29 is 48.3 Å². The average Bonchev–Trinajstić information content (AvgIpc) is 2.97. The van der Waals surface area contributed by atoms with Gasteiger partial charge in [-0.25, -0.2) is 19.2 Å². The fraction of sp³-hybridized carbons (Fsp3) is 0.0667. The summed E-state index contributed by atoms with van der Waals surface area (Å²) in [5.41, 5.74) is 0.361. The number of methoxy groups -OCH3 is 2. The highest BCUT2D eigenvalue weighted by Gasteiger charge is 2.21. The van der Waals surface area contributed by atoms with Crippen molar-refractivity contribution in [3.05, 3.63) is 107 Å². The van der Waals surface area contributed by atoms with Crippen LogP contribution in [-0.4, -0.2) is 48.3 Å². The summed E-state index contributed by atoms with van der Waals surface area (Å²) in [4.78, 5) is 47.4. The predicted octanol–water partition coefficient (Wildman–Crippen LogP) is 5.91. The maximum Gasteiger partial charge on any atom is 0.338 e. The molecule has 0 bridgehead atoms. The number of hydrogen-bond donors (Lipinski definition) is 2. The second-order valence-electron chi connectivity index (χ2n) is 8.20. The lowest BCUT2D eigenvalue weighted by Gasteiger charge is -2.16. The number of benzene rings is 4. The van der Waals surface area contributed by atoms with E-state index in [0.29, 0.717) is 22.6 Å². The van der Waals surface area contributed by atoms with E-state index in [4.69, 9.17) is 9.47 Å². The minimum absolute atomic E-state index is 0.117. The van der Waals surface area contributed by atoms with Gasteiger partial charge in [-0.2, -0.15) is 0 Å². The number of esters is 2. The third-order valence-corrected chi connectivity index (χ3v) is 5.77. The molecule has 202 valence electrons. The van der Waals surface area contributed by atoms with Gasteiger partial charge in [-0.1, -0.05) is 36.4 Å². The molecule has 0 radical (unpaired) electrons. The summed E-state index contributed by atoms with van der Waals surface area (Å²) >= 11 is 0. The SMILES string of the molecule is COC(=O)c1ccc(Oc2ccccc2-c2ccccc2Oc2ccc(C(=O)OC)c(C(=O)O)c2)cc1C(=O)O. The number of hydrogen-bond acceptors (Lipinski definition) is 8. The molecule has 0 fully saturated rings. The maximum absolute atomic E-state index is 12.0. The summed E-state index contributed by atoms with van der Waals surface area (Å²) < 4.78 is 21.4. The summed E-state index contributed by atoms with van der Waals surface area (Å²) in [6.45, 7) is 0. The number of carboxylic acid groups (broad SMARTS) is 2. The molecule has 0 aliphatic carbocycles. The van der Waals surface area contributed by atoms with Gasteiger partial charge in [-0.3, -0.25) is 0 Å². The Hall–Kier alpha value is -5.64. The lowest BCUT2D eigenvalue weighted by Crippen LogP contribution is -2.10. The molecule has 4 aromatic carbocycles. The normalized spacial score (nSPS) is 10.3. The quantitative estimate of drug-likeness (QED) is 0.245. The molecule has 0 saturated heterocycles. The standard InChI is InChI=1S/C30H22O10/c1-37-29(35)21-13-11-17(15-23(21)27(31)32)39-25-9-5-3-7-19(25)20-8-4-6-10-26(20)40-18-12-14-22(30(36)38-2)24(16-18)28(33)34/h3-16H,1-2H3,(H,31,32)(H,33,34). The molecule has 0 amide bonds. The Balaban J connectivity index is 1.71. The van der Waals surface area contributed by atoms with Crippen LogP contribution in [0.2, 0.25) is 0 Å². The first-order chi connectivity index (χ1) is 19.2. The first-order valence-electron chi connectivity index (χ1n) is 11.7. The van der Waals surface area contributed by atoms with Crippen LogP contribution in [0, 0.1) is 0 Å². The summed E-state index contributed by atoms with van der Waals surface area (Å²) in [5, 5.41) is 19.2. The molecular formula is C30H22O10. The van der Waals surface area contributed by atoms with Gasteiger partial charge in [0.1, 0.15) is 23.0 Å². The molecule has 0 aliphatic rings. The molecular weight excluding hydrogens is 520 g/mol. The highest BCUT2D eigenvalue weighted by atomic mass is 16.5. The van der Waals surface area contributed by atoms with E-state index in [1.165, 1.54) is 36.4 Å². The van der Waals surface area contributed by atoms with Crippen molar-refractivity contribution in [2.75, 3.05) is 14.2 Å². The van der Waals surface area contributed by atoms with Gasteiger partial charge in [0.2, 0.25) is 0 Å². The topological polar surface area (TPSA) is 146 Å². The lowest BCUT2D eigenvalue weighted by atomic mass is 10.0. The van der Waals surface area contributed by atoms with Crippen LogP contribution in [0.15, 0.2) is 84.9 Å². The van der Waals surface area contributed by atoms with E-state index in [9.17, 15) is 29.4 Å². The minimum Gasteiger partial charge on any atom is -0.478 e. The van der Waals surface area contributed by atoms with Gasteiger partial charge in [-0.05, 0) is 48.5 Å². The Bertz CT molecular complexity index is 1500. The van der Waals surface area contributed by atoms with Crippen LogP contribution in [0.5, 0.6) is 23.0 Å². The lowest BCUT2D eigenvalue weighted by molar-refractivity contribution is 0.0579. The molecule has 4 rings (SSSR count). The number of carbonyl (C=O) groups is 4. The van der Waals surface area contributed by atoms with Crippen molar-refractivity contribution in [1.82, 2.24) is 0 Å². The first kappa shape index (κ1) is 27.4. The number of carboxylic acids is 2. The summed E-state index contributed by atoms with van der Waals surface area (Å²) in [6.07, 6.45) is 0. The van der Waals surface area contributed by atoms with Crippen LogP contribution in [0.3, 0.4) is 0 Å². The molecule has 0 atom stereocenters. The van der Waals surface area contributed by atoms with E-state index in [-0.39, 0.29) is 33.8 Å². The zero-order valence-corrected chi connectivity index (χ0v) is 21.2. The Labute approximate surface area is 227 Å². The molecule has 10 nitrogen and oxygen atoms in total. The van der Waals surface area contributed by atoms with E-state index < -0.39 is 23.9 Å². The van der Waals surface area contributed by atoms with Gasteiger partial charge in [0.05, 0.1) is 36.5 Å². The highest BCUT2D eigenvalue weighted by molar-refractivity contribution is 6.03. The Kier molecular flexibility index (Phi) is 8.10. The average molecular weight is 542 g/mol. The molecule has 0 saturated carbocycles. The van der Waals surface area contributed by atoms with Crippen molar-refractivity contribution >= 4 is 23.9 Å². The van der Waals surface area contributed by atoms with Gasteiger partial charge in [0.25, 0.3) is 0 Å². The van der Waals surface area contributed by atoms with Crippen LogP contribution in [0.25, 0.3) is 11.1 Å². The van der Waals surface area contributed by atoms with E-state index in [1.807, 2.05) is 0 Å². The molecule has 10 heteroatoms. The van der Waals surface area contributed by atoms with Crippen molar-refractivity contribution in [3.63, 3.8) is 0 Å². The fourth-order valence-electron chi connectivity index (χ4n) is 3.91. The van der Waals surface area contributed by atoms with E-state index in [1.54, 1.807) is 48.5 Å². The minimum atomic E-state index is -1.32.